The van der Waals surface area contributed by atoms with Crippen LogP contribution in [0.25, 0.3) is 0 Å². The summed E-state index contributed by atoms with van der Waals surface area (Å²) >= 11 is 0. The number of benzene rings is 1. The van der Waals surface area contributed by atoms with E-state index in [0.717, 1.165) is 11.3 Å². The summed E-state index contributed by atoms with van der Waals surface area (Å²) in [4.78, 5) is 0. The molecule has 0 aromatic heterocycles. The Labute approximate surface area is 97.6 Å². The predicted molar refractivity (Wildman–Crippen MR) is 65.8 cm³/mol. The van der Waals surface area contributed by atoms with Gasteiger partial charge in [-0.15, -0.1) is 6.42 Å². The van der Waals surface area contributed by atoms with E-state index in [0.29, 0.717) is 19.8 Å². The average molecular weight is 218 g/mol. The maximum atomic E-state index is 5.63. The maximum Gasteiger partial charge on any atom is 0.122 e. The van der Waals surface area contributed by atoms with E-state index in [-0.39, 0.29) is 0 Å². The molecule has 0 spiro atoms. The molecule has 1 aromatic carbocycles. The zero-order valence-electron chi connectivity index (χ0n) is 10.2. The molecule has 2 heteroatoms. The molecule has 0 unspecified atom stereocenters. The zero-order valence-corrected chi connectivity index (χ0v) is 10.2. The van der Waals surface area contributed by atoms with Crippen LogP contribution in [0, 0.1) is 33.1 Å². The standard InChI is InChI=1S/C14H18O2/c1-5-6-15-7-8-16-14-10-12(3)11(2)9-13(14)4/h1,9-10H,6-8H2,2-4H3. The zero-order chi connectivity index (χ0) is 12.0. The highest BCUT2D eigenvalue weighted by molar-refractivity contribution is 5.40. The third-order valence-corrected chi connectivity index (χ3v) is 2.46. The van der Waals surface area contributed by atoms with Crippen molar-refractivity contribution in [1.29, 1.82) is 0 Å². The Morgan fingerprint density at radius 3 is 2.44 bits per heavy atom. The van der Waals surface area contributed by atoms with E-state index in [2.05, 4.69) is 31.9 Å². The number of aryl methyl sites for hydroxylation is 3. The minimum Gasteiger partial charge on any atom is -0.491 e. The van der Waals surface area contributed by atoms with E-state index >= 15 is 0 Å². The second-order valence-corrected chi connectivity index (χ2v) is 3.81. The molecule has 0 fully saturated rings. The van der Waals surface area contributed by atoms with Crippen LogP contribution < -0.4 is 4.74 Å². The second-order valence-electron chi connectivity index (χ2n) is 3.81. The summed E-state index contributed by atoms with van der Waals surface area (Å²) in [6, 6.07) is 4.19. The predicted octanol–water partition coefficient (Wildman–Crippen LogP) is 2.64. The van der Waals surface area contributed by atoms with Crippen molar-refractivity contribution in [2.75, 3.05) is 19.8 Å². The third kappa shape index (κ3) is 3.60. The highest BCUT2D eigenvalue weighted by atomic mass is 16.5. The van der Waals surface area contributed by atoms with Gasteiger partial charge in [0.15, 0.2) is 0 Å². The van der Waals surface area contributed by atoms with Crippen molar-refractivity contribution in [2.24, 2.45) is 0 Å². The summed E-state index contributed by atoms with van der Waals surface area (Å²) in [7, 11) is 0. The molecule has 0 aliphatic carbocycles. The lowest BCUT2D eigenvalue weighted by Crippen LogP contribution is -2.07. The van der Waals surface area contributed by atoms with Crippen molar-refractivity contribution < 1.29 is 9.47 Å². The smallest absolute Gasteiger partial charge is 0.122 e. The van der Waals surface area contributed by atoms with Crippen LogP contribution in [0.4, 0.5) is 0 Å². The third-order valence-electron chi connectivity index (χ3n) is 2.46. The van der Waals surface area contributed by atoms with Crippen LogP contribution in [-0.4, -0.2) is 19.8 Å². The largest absolute Gasteiger partial charge is 0.491 e. The summed E-state index contributed by atoms with van der Waals surface area (Å²) < 4.78 is 10.8. The van der Waals surface area contributed by atoms with Crippen molar-refractivity contribution in [1.82, 2.24) is 0 Å². The van der Waals surface area contributed by atoms with Crippen LogP contribution in [0.5, 0.6) is 5.75 Å². The first-order valence-electron chi connectivity index (χ1n) is 5.37. The molecule has 0 bridgehead atoms. The lowest BCUT2D eigenvalue weighted by molar-refractivity contribution is 0.124. The van der Waals surface area contributed by atoms with Crippen molar-refractivity contribution in [3.8, 4) is 18.1 Å². The first-order valence-corrected chi connectivity index (χ1v) is 5.37. The van der Waals surface area contributed by atoms with E-state index in [1.165, 1.54) is 11.1 Å². The van der Waals surface area contributed by atoms with Gasteiger partial charge in [-0.3, -0.25) is 0 Å². The molecule has 0 amide bonds. The fourth-order valence-electron chi connectivity index (χ4n) is 1.43. The van der Waals surface area contributed by atoms with Crippen molar-refractivity contribution in [3.63, 3.8) is 0 Å². The van der Waals surface area contributed by atoms with Crippen molar-refractivity contribution >= 4 is 0 Å². The van der Waals surface area contributed by atoms with Gasteiger partial charge in [0.1, 0.15) is 19.0 Å². The molecule has 0 radical (unpaired) electrons. The summed E-state index contributed by atoms with van der Waals surface area (Å²) in [6.07, 6.45) is 5.07. The van der Waals surface area contributed by atoms with Gasteiger partial charge in [0.2, 0.25) is 0 Å². The molecule has 0 atom stereocenters. The topological polar surface area (TPSA) is 18.5 Å². The molecule has 1 aromatic rings. The normalized spacial score (nSPS) is 9.88. The minimum atomic E-state index is 0.343. The number of hydrogen-bond donors (Lipinski definition) is 0. The van der Waals surface area contributed by atoms with Gasteiger partial charge >= 0.3 is 0 Å². The Bertz CT molecular complexity index is 388. The van der Waals surface area contributed by atoms with Crippen molar-refractivity contribution in [3.05, 3.63) is 28.8 Å². The van der Waals surface area contributed by atoms with Gasteiger partial charge in [0.05, 0.1) is 6.61 Å². The Morgan fingerprint density at radius 1 is 1.06 bits per heavy atom. The van der Waals surface area contributed by atoms with E-state index in [4.69, 9.17) is 15.9 Å². The minimum absolute atomic E-state index is 0.343. The van der Waals surface area contributed by atoms with Gasteiger partial charge in [-0.2, -0.15) is 0 Å². The van der Waals surface area contributed by atoms with Gasteiger partial charge in [-0.25, -0.2) is 0 Å². The van der Waals surface area contributed by atoms with Gasteiger partial charge in [-0.1, -0.05) is 12.0 Å². The monoisotopic (exact) mass is 218 g/mol. The molecule has 0 N–H and O–H groups in total. The summed E-state index contributed by atoms with van der Waals surface area (Å²) in [5.74, 6) is 3.34. The number of terminal acetylenes is 1. The Balaban J connectivity index is 2.48. The van der Waals surface area contributed by atoms with E-state index < -0.39 is 0 Å². The molecule has 86 valence electrons. The molecule has 16 heavy (non-hydrogen) atoms. The fraction of sp³-hybridized carbons (Fsp3) is 0.429. The molecule has 0 aliphatic rings. The van der Waals surface area contributed by atoms with E-state index in [1.807, 2.05) is 6.92 Å². The average Bonchev–Trinajstić information content (AvgIpc) is 2.25. The van der Waals surface area contributed by atoms with Gasteiger partial charge in [0.25, 0.3) is 0 Å². The fourth-order valence-corrected chi connectivity index (χ4v) is 1.43. The summed E-state index contributed by atoms with van der Waals surface area (Å²) in [6.45, 7) is 7.62. The lowest BCUT2D eigenvalue weighted by Gasteiger charge is -2.11. The molecule has 0 heterocycles. The lowest BCUT2D eigenvalue weighted by atomic mass is 10.1. The summed E-state index contributed by atoms with van der Waals surface area (Å²) in [5, 5.41) is 0. The molecule has 0 saturated heterocycles. The van der Waals surface area contributed by atoms with Gasteiger partial charge in [0, 0.05) is 0 Å². The SMILES string of the molecule is C#CCOCCOc1cc(C)c(C)cc1C. The van der Waals surface area contributed by atoms with E-state index in [1.54, 1.807) is 0 Å². The van der Waals surface area contributed by atoms with Crippen LogP contribution in [0.3, 0.4) is 0 Å². The highest BCUT2D eigenvalue weighted by Gasteiger charge is 2.02. The van der Waals surface area contributed by atoms with Crippen molar-refractivity contribution in [2.45, 2.75) is 20.8 Å². The molecular weight excluding hydrogens is 200 g/mol. The Kier molecular flexibility index (Phi) is 4.88. The molecule has 0 aliphatic heterocycles. The second kappa shape index (κ2) is 6.19. The van der Waals surface area contributed by atoms with Gasteiger partial charge in [-0.05, 0) is 43.5 Å². The first-order chi connectivity index (χ1) is 7.65. The Hall–Kier alpha value is -1.46. The number of ether oxygens (including phenoxy) is 2. The van der Waals surface area contributed by atoms with Crippen LogP contribution in [0.2, 0.25) is 0 Å². The number of rotatable bonds is 5. The highest BCUT2D eigenvalue weighted by Crippen LogP contribution is 2.22. The number of hydrogen-bond acceptors (Lipinski definition) is 2. The van der Waals surface area contributed by atoms with Gasteiger partial charge < -0.3 is 9.47 Å². The quantitative estimate of drug-likeness (QED) is 0.558. The molecule has 0 saturated carbocycles. The Morgan fingerprint density at radius 2 is 1.75 bits per heavy atom. The summed E-state index contributed by atoms with van der Waals surface area (Å²) in [5.41, 5.74) is 3.68. The van der Waals surface area contributed by atoms with E-state index in [9.17, 15) is 0 Å². The van der Waals surface area contributed by atoms with Crippen LogP contribution in [-0.2, 0) is 4.74 Å². The molecular formula is C14H18O2. The maximum absolute atomic E-state index is 5.63. The molecule has 1 rings (SSSR count). The van der Waals surface area contributed by atoms with Crippen LogP contribution in [0.15, 0.2) is 12.1 Å². The first kappa shape index (κ1) is 12.6. The molecule has 2 nitrogen and oxygen atoms in total. The van der Waals surface area contributed by atoms with Crippen LogP contribution in [0.1, 0.15) is 16.7 Å². The van der Waals surface area contributed by atoms with Crippen LogP contribution >= 0.6 is 0 Å².